The Morgan fingerprint density at radius 1 is 0.867 bits per heavy atom. The maximum atomic E-state index is 12.4. The van der Waals surface area contributed by atoms with Gasteiger partial charge in [0.25, 0.3) is 0 Å². The SMILES string of the molecule is Brc1ccc(I)cc1Cc1ccc2c(c1)CCCO2.CC[C@H]1OC(=O)[C@H](OCc2ccccc2)[C@@H](C)[C@@H]1OCc1ccccc1. The van der Waals surface area contributed by atoms with E-state index in [1.807, 2.05) is 74.5 Å². The molecule has 0 radical (unpaired) electrons. The zero-order chi connectivity index (χ0) is 31.6. The van der Waals surface area contributed by atoms with E-state index < -0.39 is 6.10 Å². The molecule has 1 saturated heterocycles. The number of fused-ring (bicyclic) bond motifs is 1. The molecule has 0 saturated carbocycles. The minimum Gasteiger partial charge on any atom is -0.493 e. The van der Waals surface area contributed by atoms with Crippen molar-refractivity contribution >= 4 is 44.5 Å². The van der Waals surface area contributed by atoms with Gasteiger partial charge in [-0.05, 0) is 100 Å². The Hall–Kier alpha value is -2.72. The van der Waals surface area contributed by atoms with E-state index >= 15 is 0 Å². The predicted octanol–water partition coefficient (Wildman–Crippen LogP) is 9.10. The average molecular weight is 784 g/mol. The molecule has 0 N–H and O–H groups in total. The normalized spacial score (nSPS) is 20.7. The Balaban J connectivity index is 0.000000186. The number of aryl methyl sites for hydroxylation is 1. The number of hydrogen-bond acceptors (Lipinski definition) is 5. The van der Waals surface area contributed by atoms with Crippen LogP contribution in [0.15, 0.2) is 102 Å². The lowest BCUT2D eigenvalue weighted by atomic mass is 9.89. The zero-order valence-corrected chi connectivity index (χ0v) is 29.5. The van der Waals surface area contributed by atoms with Crippen LogP contribution in [0.2, 0.25) is 0 Å². The van der Waals surface area contributed by atoms with Crippen molar-refractivity contribution in [3.8, 4) is 5.75 Å². The summed E-state index contributed by atoms with van der Waals surface area (Å²) in [4.78, 5) is 12.4. The second-order valence-electron chi connectivity index (χ2n) is 11.5. The van der Waals surface area contributed by atoms with Crippen LogP contribution in [0.1, 0.15) is 54.5 Å². The lowest BCUT2D eigenvalue weighted by Gasteiger charge is -2.39. The third-order valence-electron chi connectivity index (χ3n) is 8.20. The third kappa shape index (κ3) is 9.41. The van der Waals surface area contributed by atoms with Gasteiger partial charge in [0.05, 0.1) is 19.8 Å². The Labute approximate surface area is 288 Å². The van der Waals surface area contributed by atoms with Gasteiger partial charge in [0.2, 0.25) is 0 Å². The first-order valence-corrected chi connectivity index (χ1v) is 17.5. The largest absolute Gasteiger partial charge is 0.493 e. The first-order valence-electron chi connectivity index (χ1n) is 15.6. The van der Waals surface area contributed by atoms with Crippen LogP contribution in [-0.2, 0) is 45.1 Å². The van der Waals surface area contributed by atoms with Gasteiger partial charge in [-0.1, -0.05) is 103 Å². The van der Waals surface area contributed by atoms with E-state index in [1.54, 1.807) is 0 Å². The quantitative estimate of drug-likeness (QED) is 0.125. The van der Waals surface area contributed by atoms with Crippen LogP contribution < -0.4 is 4.74 Å². The zero-order valence-electron chi connectivity index (χ0n) is 25.8. The lowest BCUT2D eigenvalue weighted by Crippen LogP contribution is -2.52. The van der Waals surface area contributed by atoms with Gasteiger partial charge in [0, 0.05) is 14.0 Å². The number of cyclic esters (lactones) is 1. The van der Waals surface area contributed by atoms with Crippen LogP contribution in [0.25, 0.3) is 0 Å². The number of halogens is 2. The van der Waals surface area contributed by atoms with Crippen molar-refractivity contribution in [3.63, 3.8) is 0 Å². The highest BCUT2D eigenvalue weighted by molar-refractivity contribution is 14.1. The molecular weight excluding hydrogens is 743 g/mol. The number of hydrogen-bond donors (Lipinski definition) is 0. The second-order valence-corrected chi connectivity index (χ2v) is 13.6. The summed E-state index contributed by atoms with van der Waals surface area (Å²) in [6.45, 7) is 5.75. The van der Waals surface area contributed by atoms with Crippen LogP contribution in [0.4, 0.5) is 0 Å². The molecule has 4 aromatic carbocycles. The molecule has 1 fully saturated rings. The second kappa shape index (κ2) is 16.7. The fraction of sp³-hybridized carbons (Fsp3) is 0.342. The fourth-order valence-corrected chi connectivity index (χ4v) is 6.70. The molecule has 5 nitrogen and oxygen atoms in total. The molecule has 236 valence electrons. The van der Waals surface area contributed by atoms with Crippen LogP contribution in [-0.4, -0.2) is 30.9 Å². The van der Waals surface area contributed by atoms with Crippen molar-refractivity contribution in [2.45, 2.75) is 71.1 Å². The smallest absolute Gasteiger partial charge is 0.336 e. The van der Waals surface area contributed by atoms with Gasteiger partial charge in [-0.15, -0.1) is 0 Å². The van der Waals surface area contributed by atoms with E-state index in [9.17, 15) is 4.79 Å². The molecule has 6 rings (SSSR count). The van der Waals surface area contributed by atoms with Gasteiger partial charge in [-0.3, -0.25) is 0 Å². The predicted molar refractivity (Wildman–Crippen MR) is 189 cm³/mol. The topological polar surface area (TPSA) is 54.0 Å². The molecule has 2 aliphatic rings. The molecule has 2 aliphatic heterocycles. The third-order valence-corrected chi connectivity index (χ3v) is 9.64. The van der Waals surface area contributed by atoms with Crippen molar-refractivity contribution < 1.29 is 23.7 Å². The molecule has 4 atom stereocenters. The number of rotatable bonds is 9. The number of carbonyl (C=O) groups excluding carboxylic acids is 1. The molecule has 0 spiro atoms. The Bertz CT molecular complexity index is 1530. The maximum absolute atomic E-state index is 12.4. The molecule has 0 bridgehead atoms. The number of ether oxygens (including phenoxy) is 4. The number of esters is 1. The first kappa shape index (κ1) is 33.6. The van der Waals surface area contributed by atoms with Crippen molar-refractivity contribution in [3.05, 3.63) is 133 Å². The molecule has 45 heavy (non-hydrogen) atoms. The van der Waals surface area contributed by atoms with Crippen molar-refractivity contribution in [1.29, 1.82) is 0 Å². The lowest BCUT2D eigenvalue weighted by molar-refractivity contribution is -0.206. The Morgan fingerprint density at radius 2 is 1.56 bits per heavy atom. The van der Waals surface area contributed by atoms with Crippen LogP contribution in [0.3, 0.4) is 0 Å². The number of benzene rings is 4. The minimum absolute atomic E-state index is 0.0753. The van der Waals surface area contributed by atoms with Crippen molar-refractivity contribution in [2.24, 2.45) is 5.92 Å². The molecule has 0 aromatic heterocycles. The van der Waals surface area contributed by atoms with Gasteiger partial charge in [-0.2, -0.15) is 0 Å². The average Bonchev–Trinajstić information content (AvgIpc) is 3.07. The molecule has 2 heterocycles. The van der Waals surface area contributed by atoms with E-state index in [1.165, 1.54) is 24.7 Å². The summed E-state index contributed by atoms with van der Waals surface area (Å²) in [7, 11) is 0. The van der Waals surface area contributed by atoms with Crippen molar-refractivity contribution in [1.82, 2.24) is 0 Å². The Morgan fingerprint density at radius 3 is 2.24 bits per heavy atom. The summed E-state index contributed by atoms with van der Waals surface area (Å²) >= 11 is 5.99. The molecular formula is C38H40BrIO5. The molecule has 0 amide bonds. The minimum atomic E-state index is -0.612. The van der Waals surface area contributed by atoms with Gasteiger partial charge >= 0.3 is 5.97 Å². The maximum Gasteiger partial charge on any atom is 0.336 e. The molecule has 0 unspecified atom stereocenters. The van der Waals surface area contributed by atoms with Crippen LogP contribution in [0, 0.1) is 9.49 Å². The van der Waals surface area contributed by atoms with E-state index in [4.69, 9.17) is 18.9 Å². The van der Waals surface area contributed by atoms with E-state index in [2.05, 4.69) is 74.9 Å². The molecule has 7 heteroatoms. The summed E-state index contributed by atoms with van der Waals surface area (Å²) in [6.07, 6.45) is 2.92. The van der Waals surface area contributed by atoms with Crippen LogP contribution in [0.5, 0.6) is 5.75 Å². The highest BCUT2D eigenvalue weighted by atomic mass is 127. The standard InChI is InChI=1S/C22H26O4.C16H14BrIO/c1-3-19-20(24-14-17-10-6-4-7-11-17)16(2)21(22(23)26-19)25-15-18-12-8-5-9-13-18;17-15-5-4-14(18)10-13(15)9-11-3-6-16-12(8-11)2-1-7-19-16/h4-13,16,19-21H,3,14-15H2,1-2H3;3-6,8,10H,1-2,7,9H2/t16-,19+,20-,21+;/m0./s1. The van der Waals surface area contributed by atoms with Gasteiger partial charge < -0.3 is 18.9 Å². The monoisotopic (exact) mass is 782 g/mol. The summed E-state index contributed by atoms with van der Waals surface area (Å²) < 4.78 is 25.8. The van der Waals surface area contributed by atoms with Crippen molar-refractivity contribution in [2.75, 3.05) is 6.61 Å². The van der Waals surface area contributed by atoms with Gasteiger partial charge in [-0.25, -0.2) is 4.79 Å². The summed E-state index contributed by atoms with van der Waals surface area (Å²) in [5.74, 6) is 0.699. The Kier molecular flexibility index (Phi) is 12.5. The van der Waals surface area contributed by atoms with E-state index in [0.717, 1.165) is 49.2 Å². The van der Waals surface area contributed by atoms with Gasteiger partial charge in [0.1, 0.15) is 18.0 Å². The first-order chi connectivity index (χ1) is 21.9. The van der Waals surface area contributed by atoms with E-state index in [0.29, 0.717) is 13.2 Å². The highest BCUT2D eigenvalue weighted by Gasteiger charge is 2.44. The van der Waals surface area contributed by atoms with Crippen LogP contribution >= 0.6 is 38.5 Å². The summed E-state index contributed by atoms with van der Waals surface area (Å²) in [5, 5.41) is 0. The molecule has 4 aromatic rings. The van der Waals surface area contributed by atoms with Gasteiger partial charge in [0.15, 0.2) is 6.10 Å². The summed E-state index contributed by atoms with van der Waals surface area (Å²) in [6, 6.07) is 32.9. The highest BCUT2D eigenvalue weighted by Crippen LogP contribution is 2.31. The molecule has 0 aliphatic carbocycles. The summed E-state index contributed by atoms with van der Waals surface area (Å²) in [5.41, 5.74) is 6.18. The van der Waals surface area contributed by atoms with E-state index in [-0.39, 0.29) is 24.1 Å². The number of carbonyl (C=O) groups is 1. The fourth-order valence-electron chi connectivity index (χ4n) is 5.75.